The highest BCUT2D eigenvalue weighted by Crippen LogP contribution is 2.22. The Kier molecular flexibility index (Phi) is 6.03. The molecule has 0 radical (unpaired) electrons. The smallest absolute Gasteiger partial charge is 0.264 e. The molecule has 0 saturated heterocycles. The SMILES string of the molecule is Cc1ccc(S(=O)(=O)N(C)c2ccc(C(=O)NCc3ccccc3C)cc2)cc1. The largest absolute Gasteiger partial charge is 0.348 e. The fourth-order valence-corrected chi connectivity index (χ4v) is 4.11. The van der Waals surface area contributed by atoms with Crippen LogP contribution in [0, 0.1) is 13.8 Å². The predicted molar refractivity (Wildman–Crippen MR) is 116 cm³/mol. The van der Waals surface area contributed by atoms with Crippen molar-refractivity contribution in [1.29, 1.82) is 0 Å². The van der Waals surface area contributed by atoms with E-state index in [2.05, 4.69) is 5.32 Å². The Balaban J connectivity index is 1.71. The minimum absolute atomic E-state index is 0.205. The van der Waals surface area contributed by atoms with Crippen LogP contribution in [0.2, 0.25) is 0 Å². The minimum atomic E-state index is -3.66. The monoisotopic (exact) mass is 408 g/mol. The highest BCUT2D eigenvalue weighted by molar-refractivity contribution is 7.92. The molecular formula is C23H24N2O3S. The Hall–Kier alpha value is -3.12. The van der Waals surface area contributed by atoms with Gasteiger partial charge in [-0.1, -0.05) is 42.0 Å². The van der Waals surface area contributed by atoms with Crippen LogP contribution in [0.4, 0.5) is 5.69 Å². The van der Waals surface area contributed by atoms with Crippen LogP contribution in [0.5, 0.6) is 0 Å². The molecule has 0 aliphatic carbocycles. The number of hydrogen-bond donors (Lipinski definition) is 1. The van der Waals surface area contributed by atoms with Crippen LogP contribution in [0.1, 0.15) is 27.0 Å². The molecular weight excluding hydrogens is 384 g/mol. The molecule has 5 nitrogen and oxygen atoms in total. The van der Waals surface area contributed by atoms with Crippen molar-refractivity contribution in [2.24, 2.45) is 0 Å². The molecule has 0 aromatic heterocycles. The van der Waals surface area contributed by atoms with E-state index in [-0.39, 0.29) is 10.8 Å². The van der Waals surface area contributed by atoms with Gasteiger partial charge in [0.25, 0.3) is 15.9 Å². The summed E-state index contributed by atoms with van der Waals surface area (Å²) in [5.41, 5.74) is 4.13. The third-order valence-electron chi connectivity index (χ3n) is 4.87. The van der Waals surface area contributed by atoms with Gasteiger partial charge >= 0.3 is 0 Å². The predicted octanol–water partition coefficient (Wildman–Crippen LogP) is 4.06. The summed E-state index contributed by atoms with van der Waals surface area (Å²) in [5, 5.41) is 2.90. The number of carbonyl (C=O) groups is 1. The standard InChI is InChI=1S/C23H24N2O3S/c1-17-8-14-22(15-9-17)29(27,28)25(3)21-12-10-19(11-13-21)23(26)24-16-20-7-5-4-6-18(20)2/h4-15H,16H2,1-3H3,(H,24,26). The van der Waals surface area contributed by atoms with Gasteiger partial charge in [0.05, 0.1) is 10.6 Å². The van der Waals surface area contributed by atoms with Crippen molar-refractivity contribution in [2.45, 2.75) is 25.3 Å². The lowest BCUT2D eigenvalue weighted by atomic mass is 10.1. The summed E-state index contributed by atoms with van der Waals surface area (Å²) in [7, 11) is -2.16. The van der Waals surface area contributed by atoms with Crippen molar-refractivity contribution in [3.63, 3.8) is 0 Å². The average Bonchev–Trinajstić information content (AvgIpc) is 2.73. The third-order valence-corrected chi connectivity index (χ3v) is 6.67. The molecule has 0 aliphatic rings. The molecule has 0 fully saturated rings. The Morgan fingerprint density at radius 3 is 2.14 bits per heavy atom. The number of hydrogen-bond acceptors (Lipinski definition) is 3. The average molecular weight is 409 g/mol. The number of anilines is 1. The van der Waals surface area contributed by atoms with Crippen LogP contribution in [-0.4, -0.2) is 21.4 Å². The molecule has 29 heavy (non-hydrogen) atoms. The third kappa shape index (κ3) is 4.66. The zero-order chi connectivity index (χ0) is 21.0. The van der Waals surface area contributed by atoms with Gasteiger partial charge in [0, 0.05) is 19.2 Å². The van der Waals surface area contributed by atoms with Crippen LogP contribution < -0.4 is 9.62 Å². The molecule has 0 unspecified atom stereocenters. The molecule has 0 heterocycles. The van der Waals surface area contributed by atoms with Crippen molar-refractivity contribution < 1.29 is 13.2 Å². The molecule has 0 bridgehead atoms. The molecule has 3 aromatic carbocycles. The van der Waals surface area contributed by atoms with Gasteiger partial charge < -0.3 is 5.32 Å². The second-order valence-electron chi connectivity index (χ2n) is 6.94. The van der Waals surface area contributed by atoms with E-state index in [1.807, 2.05) is 38.1 Å². The van der Waals surface area contributed by atoms with Gasteiger partial charge in [-0.15, -0.1) is 0 Å². The maximum atomic E-state index is 12.8. The van der Waals surface area contributed by atoms with Gasteiger partial charge in [0.15, 0.2) is 0 Å². The Morgan fingerprint density at radius 1 is 0.897 bits per heavy atom. The van der Waals surface area contributed by atoms with Crippen LogP contribution >= 0.6 is 0 Å². The first-order valence-corrected chi connectivity index (χ1v) is 10.7. The quantitative estimate of drug-likeness (QED) is 0.669. The van der Waals surface area contributed by atoms with Crippen LogP contribution in [0.25, 0.3) is 0 Å². The number of amides is 1. The minimum Gasteiger partial charge on any atom is -0.348 e. The molecule has 1 amide bonds. The highest BCUT2D eigenvalue weighted by atomic mass is 32.2. The molecule has 6 heteroatoms. The van der Waals surface area contributed by atoms with E-state index in [4.69, 9.17) is 0 Å². The molecule has 0 atom stereocenters. The van der Waals surface area contributed by atoms with Gasteiger partial charge in [0.2, 0.25) is 0 Å². The van der Waals surface area contributed by atoms with E-state index in [1.54, 1.807) is 48.5 Å². The molecule has 0 spiro atoms. The molecule has 0 aliphatic heterocycles. The van der Waals surface area contributed by atoms with Gasteiger partial charge in [-0.2, -0.15) is 0 Å². The molecule has 150 valence electrons. The second kappa shape index (κ2) is 8.49. The number of nitrogens with zero attached hydrogens (tertiary/aromatic N) is 1. The maximum absolute atomic E-state index is 12.8. The highest BCUT2D eigenvalue weighted by Gasteiger charge is 2.21. The van der Waals surface area contributed by atoms with Gasteiger partial charge in [-0.25, -0.2) is 8.42 Å². The lowest BCUT2D eigenvalue weighted by Gasteiger charge is -2.20. The Bertz CT molecular complexity index is 1110. The van der Waals surface area contributed by atoms with E-state index in [9.17, 15) is 13.2 Å². The van der Waals surface area contributed by atoms with Gasteiger partial charge in [-0.3, -0.25) is 9.10 Å². The van der Waals surface area contributed by atoms with Gasteiger partial charge in [0.1, 0.15) is 0 Å². The molecule has 3 aromatic rings. The normalized spacial score (nSPS) is 11.1. The number of carbonyl (C=O) groups excluding carboxylic acids is 1. The van der Waals surface area contributed by atoms with E-state index in [0.717, 1.165) is 16.7 Å². The number of sulfonamides is 1. The summed E-state index contributed by atoms with van der Waals surface area (Å²) in [6.07, 6.45) is 0. The van der Waals surface area contributed by atoms with E-state index < -0.39 is 10.0 Å². The zero-order valence-corrected chi connectivity index (χ0v) is 17.5. The van der Waals surface area contributed by atoms with Crippen molar-refractivity contribution in [2.75, 3.05) is 11.4 Å². The van der Waals surface area contributed by atoms with E-state index >= 15 is 0 Å². The topological polar surface area (TPSA) is 66.5 Å². The summed E-state index contributed by atoms with van der Waals surface area (Å²) >= 11 is 0. The summed E-state index contributed by atoms with van der Waals surface area (Å²) in [6.45, 7) is 4.35. The molecule has 3 rings (SSSR count). The molecule has 1 N–H and O–H groups in total. The van der Waals surface area contributed by atoms with Gasteiger partial charge in [-0.05, 0) is 61.4 Å². The fourth-order valence-electron chi connectivity index (χ4n) is 2.92. The van der Waals surface area contributed by atoms with Crippen molar-refractivity contribution in [1.82, 2.24) is 5.32 Å². The summed E-state index contributed by atoms with van der Waals surface area (Å²) in [4.78, 5) is 12.6. The maximum Gasteiger partial charge on any atom is 0.264 e. The first-order valence-electron chi connectivity index (χ1n) is 9.27. The Morgan fingerprint density at radius 2 is 1.52 bits per heavy atom. The van der Waals surface area contributed by atoms with Crippen molar-refractivity contribution in [3.8, 4) is 0 Å². The van der Waals surface area contributed by atoms with Crippen LogP contribution in [0.3, 0.4) is 0 Å². The molecule has 0 saturated carbocycles. The first-order chi connectivity index (χ1) is 13.8. The lowest BCUT2D eigenvalue weighted by molar-refractivity contribution is 0.0951. The number of rotatable bonds is 6. The Labute approximate surface area is 172 Å². The van der Waals surface area contributed by atoms with Crippen molar-refractivity contribution >= 4 is 21.6 Å². The summed E-state index contributed by atoms with van der Waals surface area (Å²) in [6, 6.07) is 21.1. The number of aryl methyl sites for hydroxylation is 2. The van der Waals surface area contributed by atoms with Crippen LogP contribution in [-0.2, 0) is 16.6 Å². The number of nitrogens with one attached hydrogen (secondary N) is 1. The fraction of sp³-hybridized carbons (Fsp3) is 0.174. The summed E-state index contributed by atoms with van der Waals surface area (Å²) in [5.74, 6) is -0.205. The first kappa shape index (κ1) is 20.6. The second-order valence-corrected chi connectivity index (χ2v) is 8.91. The van der Waals surface area contributed by atoms with Crippen LogP contribution in [0.15, 0.2) is 77.7 Å². The lowest BCUT2D eigenvalue weighted by Crippen LogP contribution is -2.27. The van der Waals surface area contributed by atoms with E-state index in [1.165, 1.54) is 11.4 Å². The summed E-state index contributed by atoms with van der Waals surface area (Å²) < 4.78 is 26.8. The number of benzene rings is 3. The van der Waals surface area contributed by atoms with Crippen molar-refractivity contribution in [3.05, 3.63) is 95.1 Å². The zero-order valence-electron chi connectivity index (χ0n) is 16.7. The van der Waals surface area contributed by atoms with E-state index in [0.29, 0.717) is 17.8 Å².